The van der Waals surface area contributed by atoms with E-state index in [1.807, 2.05) is 0 Å². The number of pyridine rings is 1. The zero-order valence-corrected chi connectivity index (χ0v) is 9.85. The van der Waals surface area contributed by atoms with Crippen molar-refractivity contribution in [2.24, 2.45) is 0 Å². The fourth-order valence-corrected chi connectivity index (χ4v) is 1.98. The molecule has 92 valence electrons. The van der Waals surface area contributed by atoms with Crippen molar-refractivity contribution in [2.45, 2.75) is 12.8 Å². The van der Waals surface area contributed by atoms with Crippen LogP contribution in [-0.4, -0.2) is 42.0 Å². The summed E-state index contributed by atoms with van der Waals surface area (Å²) in [6, 6.07) is 3.32. The molecule has 5 heteroatoms. The molecule has 0 aromatic carbocycles. The van der Waals surface area contributed by atoms with E-state index in [9.17, 15) is 4.79 Å². The number of nitrogens with two attached hydrogens (primary N) is 1. The van der Waals surface area contributed by atoms with Gasteiger partial charge in [0.1, 0.15) is 5.82 Å². The van der Waals surface area contributed by atoms with Gasteiger partial charge in [-0.25, -0.2) is 4.98 Å². The largest absolute Gasteiger partial charge is 0.384 e. The van der Waals surface area contributed by atoms with E-state index in [-0.39, 0.29) is 5.91 Å². The molecule has 1 aliphatic rings. The lowest BCUT2D eigenvalue weighted by atomic mass is 10.2. The number of carbonyl (C=O) groups is 1. The van der Waals surface area contributed by atoms with E-state index in [4.69, 9.17) is 5.73 Å². The first-order valence-corrected chi connectivity index (χ1v) is 5.98. The number of nitrogen functional groups attached to an aromatic ring is 1. The normalized spacial score (nSPS) is 16.0. The van der Waals surface area contributed by atoms with Crippen LogP contribution < -0.4 is 11.1 Å². The zero-order chi connectivity index (χ0) is 12.1. The van der Waals surface area contributed by atoms with E-state index < -0.39 is 0 Å². The standard InChI is InChI=1S/C12H18N4O/c13-11-4-3-10(9-15-11)12(17)14-5-8-16-6-1-2-7-16/h3-4,9H,1-2,5-8H2,(H2,13,15)(H,14,17). The predicted octanol–water partition coefficient (Wildman–Crippen LogP) is 0.489. The summed E-state index contributed by atoms with van der Waals surface area (Å²) < 4.78 is 0. The minimum absolute atomic E-state index is 0.0864. The third-order valence-corrected chi connectivity index (χ3v) is 2.96. The van der Waals surface area contributed by atoms with Crippen LogP contribution in [0.25, 0.3) is 0 Å². The second-order valence-corrected chi connectivity index (χ2v) is 4.28. The highest BCUT2D eigenvalue weighted by atomic mass is 16.1. The van der Waals surface area contributed by atoms with E-state index in [0.717, 1.165) is 19.6 Å². The van der Waals surface area contributed by atoms with Crippen LogP contribution in [0.5, 0.6) is 0 Å². The molecule has 17 heavy (non-hydrogen) atoms. The molecule has 0 radical (unpaired) electrons. The van der Waals surface area contributed by atoms with Crippen LogP contribution in [-0.2, 0) is 0 Å². The average molecular weight is 234 g/mol. The number of amides is 1. The van der Waals surface area contributed by atoms with Crippen molar-refractivity contribution >= 4 is 11.7 Å². The van der Waals surface area contributed by atoms with Crippen molar-refractivity contribution in [1.29, 1.82) is 0 Å². The van der Waals surface area contributed by atoms with Crippen LogP contribution in [0, 0.1) is 0 Å². The van der Waals surface area contributed by atoms with E-state index in [0.29, 0.717) is 17.9 Å². The van der Waals surface area contributed by atoms with Gasteiger partial charge in [-0.1, -0.05) is 0 Å². The Kier molecular flexibility index (Phi) is 3.93. The third kappa shape index (κ3) is 3.42. The number of carbonyl (C=O) groups excluding carboxylic acids is 1. The van der Waals surface area contributed by atoms with Gasteiger partial charge in [0.05, 0.1) is 5.56 Å². The van der Waals surface area contributed by atoms with Gasteiger partial charge in [0.2, 0.25) is 0 Å². The average Bonchev–Trinajstić information content (AvgIpc) is 2.83. The number of nitrogens with zero attached hydrogens (tertiary/aromatic N) is 2. The molecule has 1 aliphatic heterocycles. The molecule has 1 fully saturated rings. The quantitative estimate of drug-likeness (QED) is 0.795. The highest BCUT2D eigenvalue weighted by Gasteiger charge is 2.11. The fourth-order valence-electron chi connectivity index (χ4n) is 1.98. The maximum atomic E-state index is 11.7. The monoisotopic (exact) mass is 234 g/mol. The van der Waals surface area contributed by atoms with Crippen LogP contribution >= 0.6 is 0 Å². The second kappa shape index (κ2) is 5.63. The summed E-state index contributed by atoms with van der Waals surface area (Å²) in [5.74, 6) is 0.343. The molecule has 1 aromatic rings. The lowest BCUT2D eigenvalue weighted by Crippen LogP contribution is -2.33. The number of likely N-dealkylation sites (tertiary alicyclic amines) is 1. The van der Waals surface area contributed by atoms with Crippen LogP contribution in [0.3, 0.4) is 0 Å². The van der Waals surface area contributed by atoms with Crippen molar-refractivity contribution in [2.75, 3.05) is 31.9 Å². The Bertz CT molecular complexity index is 371. The van der Waals surface area contributed by atoms with Crippen LogP contribution in [0.2, 0.25) is 0 Å². The SMILES string of the molecule is Nc1ccc(C(=O)NCCN2CCCC2)cn1. The highest BCUT2D eigenvalue weighted by Crippen LogP contribution is 2.05. The summed E-state index contributed by atoms with van der Waals surface area (Å²) in [4.78, 5) is 18.0. The number of nitrogens with one attached hydrogen (secondary N) is 1. The summed E-state index contributed by atoms with van der Waals surface area (Å²) in [5, 5.41) is 2.88. The van der Waals surface area contributed by atoms with Gasteiger partial charge in [-0.05, 0) is 38.1 Å². The summed E-state index contributed by atoms with van der Waals surface area (Å²) >= 11 is 0. The number of hydrogen-bond acceptors (Lipinski definition) is 4. The van der Waals surface area contributed by atoms with Crippen molar-refractivity contribution in [3.05, 3.63) is 23.9 Å². The predicted molar refractivity (Wildman–Crippen MR) is 66.7 cm³/mol. The van der Waals surface area contributed by atoms with Crippen molar-refractivity contribution in [1.82, 2.24) is 15.2 Å². The lowest BCUT2D eigenvalue weighted by Gasteiger charge is -2.14. The first kappa shape index (κ1) is 11.9. The number of hydrogen-bond donors (Lipinski definition) is 2. The van der Waals surface area contributed by atoms with Gasteiger partial charge >= 0.3 is 0 Å². The number of aromatic nitrogens is 1. The highest BCUT2D eigenvalue weighted by molar-refractivity contribution is 5.93. The Morgan fingerprint density at radius 2 is 2.18 bits per heavy atom. The van der Waals surface area contributed by atoms with Gasteiger partial charge in [-0.2, -0.15) is 0 Å². The molecule has 0 aliphatic carbocycles. The molecular formula is C12H18N4O. The Labute approximate surface area is 101 Å². The van der Waals surface area contributed by atoms with Gasteiger partial charge < -0.3 is 16.0 Å². The second-order valence-electron chi connectivity index (χ2n) is 4.28. The first-order valence-electron chi connectivity index (χ1n) is 5.98. The van der Waals surface area contributed by atoms with Gasteiger partial charge in [0.25, 0.3) is 5.91 Å². The van der Waals surface area contributed by atoms with E-state index in [1.165, 1.54) is 19.0 Å². The molecule has 1 saturated heterocycles. The van der Waals surface area contributed by atoms with Crippen molar-refractivity contribution in [3.63, 3.8) is 0 Å². The smallest absolute Gasteiger partial charge is 0.252 e. The molecule has 0 bridgehead atoms. The van der Waals surface area contributed by atoms with Crippen molar-refractivity contribution < 1.29 is 4.79 Å². The Hall–Kier alpha value is -1.62. The molecule has 3 N–H and O–H groups in total. The van der Waals surface area contributed by atoms with Gasteiger partial charge in [-0.3, -0.25) is 4.79 Å². The topological polar surface area (TPSA) is 71.2 Å². The molecule has 2 heterocycles. The summed E-state index contributed by atoms with van der Waals surface area (Å²) in [7, 11) is 0. The molecule has 2 rings (SSSR count). The van der Waals surface area contributed by atoms with Gasteiger partial charge in [0.15, 0.2) is 0 Å². The van der Waals surface area contributed by atoms with Crippen LogP contribution in [0.1, 0.15) is 23.2 Å². The van der Waals surface area contributed by atoms with E-state index >= 15 is 0 Å². The zero-order valence-electron chi connectivity index (χ0n) is 9.85. The Morgan fingerprint density at radius 3 is 2.82 bits per heavy atom. The van der Waals surface area contributed by atoms with Gasteiger partial charge in [0, 0.05) is 19.3 Å². The Morgan fingerprint density at radius 1 is 1.41 bits per heavy atom. The maximum Gasteiger partial charge on any atom is 0.252 e. The Balaban J connectivity index is 1.75. The summed E-state index contributed by atoms with van der Waals surface area (Å²) in [5.41, 5.74) is 6.02. The van der Waals surface area contributed by atoms with Gasteiger partial charge in [-0.15, -0.1) is 0 Å². The molecular weight excluding hydrogens is 216 g/mol. The lowest BCUT2D eigenvalue weighted by molar-refractivity contribution is 0.0949. The molecule has 0 atom stereocenters. The van der Waals surface area contributed by atoms with Crippen LogP contribution in [0.15, 0.2) is 18.3 Å². The first-order chi connectivity index (χ1) is 8.25. The molecule has 0 saturated carbocycles. The molecule has 1 aromatic heterocycles. The number of rotatable bonds is 4. The minimum Gasteiger partial charge on any atom is -0.384 e. The molecule has 1 amide bonds. The van der Waals surface area contributed by atoms with E-state index in [2.05, 4.69) is 15.2 Å². The fraction of sp³-hybridized carbons (Fsp3) is 0.500. The molecule has 0 spiro atoms. The van der Waals surface area contributed by atoms with Crippen LogP contribution in [0.4, 0.5) is 5.82 Å². The summed E-state index contributed by atoms with van der Waals surface area (Å²) in [6.45, 7) is 3.91. The summed E-state index contributed by atoms with van der Waals surface area (Å²) in [6.07, 6.45) is 4.05. The maximum absolute atomic E-state index is 11.7. The molecule has 5 nitrogen and oxygen atoms in total. The minimum atomic E-state index is -0.0864. The number of anilines is 1. The van der Waals surface area contributed by atoms with E-state index in [1.54, 1.807) is 12.1 Å². The molecule has 0 unspecified atom stereocenters. The third-order valence-electron chi connectivity index (χ3n) is 2.96. The van der Waals surface area contributed by atoms with Crippen molar-refractivity contribution in [3.8, 4) is 0 Å².